The summed E-state index contributed by atoms with van der Waals surface area (Å²) in [7, 11) is 3.67. The maximum Gasteiger partial charge on any atom is 0.156 e. The van der Waals surface area contributed by atoms with Gasteiger partial charge in [-0.1, -0.05) is 62.2 Å². The topological polar surface area (TPSA) is 60.3 Å². The zero-order valence-corrected chi connectivity index (χ0v) is 22.1. The molecule has 190 valence electrons. The highest BCUT2D eigenvalue weighted by Gasteiger charge is 2.37. The number of fused-ring (bicyclic) bond motifs is 1. The van der Waals surface area contributed by atoms with Crippen LogP contribution in [0.4, 0.5) is 0 Å². The fourth-order valence-corrected chi connectivity index (χ4v) is 6.15. The second-order valence-electron chi connectivity index (χ2n) is 9.94. The van der Waals surface area contributed by atoms with Crippen LogP contribution >= 0.6 is 11.6 Å². The predicted molar refractivity (Wildman–Crippen MR) is 143 cm³/mol. The van der Waals surface area contributed by atoms with Crippen molar-refractivity contribution in [1.82, 2.24) is 15.2 Å². The lowest BCUT2D eigenvalue weighted by Gasteiger charge is -2.46. The van der Waals surface area contributed by atoms with Gasteiger partial charge >= 0.3 is 0 Å². The lowest BCUT2D eigenvalue weighted by Crippen LogP contribution is -2.51. The van der Waals surface area contributed by atoms with Crippen molar-refractivity contribution >= 4 is 17.4 Å². The van der Waals surface area contributed by atoms with Gasteiger partial charge in [-0.3, -0.25) is 10.3 Å². The van der Waals surface area contributed by atoms with E-state index in [0.717, 1.165) is 37.3 Å². The van der Waals surface area contributed by atoms with Gasteiger partial charge in [-0.25, -0.2) is 0 Å². The van der Waals surface area contributed by atoms with Crippen LogP contribution in [0.5, 0.6) is 5.75 Å². The van der Waals surface area contributed by atoms with Crippen molar-refractivity contribution in [3.05, 3.63) is 64.2 Å². The summed E-state index contributed by atoms with van der Waals surface area (Å²) in [4.78, 5) is 2.48. The molecule has 0 aromatic heterocycles. The Hall–Kier alpha value is -2.28. The number of methoxy groups -OCH3 is 1. The number of aliphatic hydroxyl groups excluding tert-OH is 1. The third-order valence-corrected chi connectivity index (χ3v) is 7.85. The number of rotatable bonds is 8. The smallest absolute Gasteiger partial charge is 0.156 e. The Kier molecular flexibility index (Phi) is 8.58. The summed E-state index contributed by atoms with van der Waals surface area (Å²) in [5.41, 5.74) is 3.52. The van der Waals surface area contributed by atoms with E-state index in [4.69, 9.17) is 21.4 Å². The lowest BCUT2D eigenvalue weighted by atomic mass is 9.74. The molecule has 1 saturated heterocycles. The molecule has 2 aliphatic rings. The zero-order valence-electron chi connectivity index (χ0n) is 21.4. The molecule has 1 fully saturated rings. The second-order valence-corrected chi connectivity index (χ2v) is 10.4. The molecule has 2 aromatic rings. The molecule has 35 heavy (non-hydrogen) atoms. The van der Waals surface area contributed by atoms with Crippen LogP contribution in [-0.4, -0.2) is 54.7 Å². The van der Waals surface area contributed by atoms with Crippen LogP contribution < -0.4 is 10.1 Å². The molecule has 2 heterocycles. The van der Waals surface area contributed by atoms with E-state index in [1.165, 1.54) is 17.5 Å². The van der Waals surface area contributed by atoms with Crippen molar-refractivity contribution in [2.75, 3.05) is 33.9 Å². The molecule has 0 aliphatic carbocycles. The summed E-state index contributed by atoms with van der Waals surface area (Å²) < 4.78 is 5.28. The van der Waals surface area contributed by atoms with Gasteiger partial charge in [0.2, 0.25) is 0 Å². The van der Waals surface area contributed by atoms with E-state index in [0.29, 0.717) is 35.1 Å². The fourth-order valence-electron chi connectivity index (χ4n) is 5.87. The number of ether oxygens (including phenoxy) is 1. The van der Waals surface area contributed by atoms with E-state index in [-0.39, 0.29) is 12.8 Å². The number of halogens is 1. The first-order valence-electron chi connectivity index (χ1n) is 12.8. The first-order valence-corrected chi connectivity index (χ1v) is 13.2. The van der Waals surface area contributed by atoms with Crippen LogP contribution in [0.2, 0.25) is 5.02 Å². The van der Waals surface area contributed by atoms with E-state index in [2.05, 4.69) is 48.3 Å². The number of piperidine rings is 1. The number of hydrogen-bond donors (Lipinski definition) is 2. The number of nitrogens with one attached hydrogen (secondary N) is 1. The van der Waals surface area contributed by atoms with E-state index in [1.807, 2.05) is 30.3 Å². The van der Waals surface area contributed by atoms with Crippen molar-refractivity contribution in [1.29, 1.82) is 0 Å². The van der Waals surface area contributed by atoms with Gasteiger partial charge < -0.3 is 14.7 Å². The van der Waals surface area contributed by atoms with Crippen molar-refractivity contribution in [3.63, 3.8) is 0 Å². The summed E-state index contributed by atoms with van der Waals surface area (Å²) in [6.45, 7) is 7.49. The van der Waals surface area contributed by atoms with Crippen LogP contribution in [0.3, 0.4) is 0 Å². The Bertz CT molecular complexity index is 1030. The Balaban J connectivity index is 1.55. The molecular weight excluding hydrogens is 460 g/mol. The molecule has 2 aromatic carbocycles. The average molecular weight is 499 g/mol. The number of benzene rings is 2. The van der Waals surface area contributed by atoms with Crippen LogP contribution in [0.1, 0.15) is 56.0 Å². The third-order valence-electron chi connectivity index (χ3n) is 7.56. The third kappa shape index (κ3) is 5.60. The largest absolute Gasteiger partial charge is 0.495 e. The molecule has 7 heteroatoms. The molecule has 6 nitrogen and oxygen atoms in total. The molecule has 0 spiro atoms. The molecule has 2 aliphatic heterocycles. The van der Waals surface area contributed by atoms with Crippen molar-refractivity contribution in [2.24, 2.45) is 22.9 Å². The Morgan fingerprint density at radius 2 is 1.97 bits per heavy atom. The second kappa shape index (κ2) is 11.6. The van der Waals surface area contributed by atoms with Crippen molar-refractivity contribution in [3.8, 4) is 5.75 Å². The number of hydrogen-bond acceptors (Lipinski definition) is 6. The van der Waals surface area contributed by atoms with Gasteiger partial charge in [0, 0.05) is 44.4 Å². The summed E-state index contributed by atoms with van der Waals surface area (Å²) in [6.07, 6.45) is 3.21. The van der Waals surface area contributed by atoms with Crippen LogP contribution in [-0.2, 0) is 6.54 Å². The first-order chi connectivity index (χ1) is 17.0. The van der Waals surface area contributed by atoms with E-state index < -0.39 is 0 Å². The molecule has 0 amide bonds. The van der Waals surface area contributed by atoms with Gasteiger partial charge in [-0.2, -0.15) is 5.10 Å². The zero-order chi connectivity index (χ0) is 24.9. The minimum atomic E-state index is -0.0355. The van der Waals surface area contributed by atoms with E-state index in [9.17, 15) is 5.11 Å². The Labute approximate surface area is 214 Å². The SMILES string of the molecule is CCCC1CN(C2=NN(C)C(NCc3ccc(OC)c(Cl)c3)c3ccccc32)CC(C)C1CCO. The molecule has 4 unspecified atom stereocenters. The average Bonchev–Trinajstić information content (AvgIpc) is 2.85. The maximum atomic E-state index is 9.64. The highest BCUT2D eigenvalue weighted by atomic mass is 35.5. The molecule has 0 saturated carbocycles. The quantitative estimate of drug-likeness (QED) is 0.529. The Morgan fingerprint density at radius 1 is 1.17 bits per heavy atom. The lowest BCUT2D eigenvalue weighted by molar-refractivity contribution is 0.0818. The molecule has 4 rings (SSSR count). The standard InChI is InChI=1S/C28H39ClN4O2/c1-5-8-21-18-33(17-19(2)22(21)13-14-34)28-24-10-7-6-9-23(24)27(32(3)31-28)30-16-20-11-12-26(35-4)25(29)15-20/h6-7,9-12,15,19,21-22,27,30,34H,5,8,13-14,16-18H2,1-4H3. The molecule has 4 atom stereocenters. The normalized spacial score (nSPS) is 24.2. The molecule has 0 radical (unpaired) electrons. The number of amidine groups is 1. The van der Waals surface area contributed by atoms with Crippen LogP contribution in [0.25, 0.3) is 0 Å². The predicted octanol–water partition coefficient (Wildman–Crippen LogP) is 5.11. The monoisotopic (exact) mass is 498 g/mol. The van der Waals surface area contributed by atoms with Crippen molar-refractivity contribution < 1.29 is 9.84 Å². The highest BCUT2D eigenvalue weighted by molar-refractivity contribution is 6.32. The van der Waals surface area contributed by atoms with E-state index in [1.54, 1.807) is 7.11 Å². The number of hydrazone groups is 1. The number of nitrogens with zero attached hydrogens (tertiary/aromatic N) is 3. The summed E-state index contributed by atoms with van der Waals surface area (Å²) in [5, 5.41) is 21.1. The maximum absolute atomic E-state index is 9.64. The van der Waals surface area contributed by atoms with Gasteiger partial charge in [-0.05, 0) is 48.3 Å². The summed E-state index contributed by atoms with van der Waals surface area (Å²) >= 11 is 6.34. The molecular formula is C28H39ClN4O2. The van der Waals surface area contributed by atoms with Gasteiger partial charge in [0.1, 0.15) is 11.9 Å². The molecule has 0 bridgehead atoms. The van der Waals surface area contributed by atoms with E-state index >= 15 is 0 Å². The van der Waals surface area contributed by atoms with Crippen LogP contribution in [0, 0.1) is 17.8 Å². The minimum absolute atomic E-state index is 0.0355. The van der Waals surface area contributed by atoms with Crippen LogP contribution in [0.15, 0.2) is 47.6 Å². The number of likely N-dealkylation sites (tertiary alicyclic amines) is 1. The minimum Gasteiger partial charge on any atom is -0.495 e. The Morgan fingerprint density at radius 3 is 2.69 bits per heavy atom. The van der Waals surface area contributed by atoms with Crippen molar-refractivity contribution in [2.45, 2.75) is 45.8 Å². The highest BCUT2D eigenvalue weighted by Crippen LogP contribution is 2.37. The van der Waals surface area contributed by atoms with Gasteiger partial charge in [0.25, 0.3) is 0 Å². The number of aliphatic hydroxyl groups is 1. The van der Waals surface area contributed by atoms with Gasteiger partial charge in [0.15, 0.2) is 5.84 Å². The van der Waals surface area contributed by atoms with Gasteiger partial charge in [0.05, 0.1) is 12.1 Å². The first kappa shape index (κ1) is 25.8. The van der Waals surface area contributed by atoms with Gasteiger partial charge in [-0.15, -0.1) is 0 Å². The summed E-state index contributed by atoms with van der Waals surface area (Å²) in [6, 6.07) is 14.5. The summed E-state index contributed by atoms with van der Waals surface area (Å²) in [5.74, 6) is 3.40. The fraction of sp³-hybridized carbons (Fsp3) is 0.536. The molecule has 2 N–H and O–H groups in total.